The summed E-state index contributed by atoms with van der Waals surface area (Å²) < 4.78 is 9.22. The molecule has 2 heterocycles. The van der Waals surface area contributed by atoms with E-state index in [1.807, 2.05) is 30.3 Å². The minimum Gasteiger partial charge on any atom is -0.426 e. The van der Waals surface area contributed by atoms with E-state index in [4.69, 9.17) is 9.47 Å². The number of alkyl halides is 2. The van der Waals surface area contributed by atoms with Crippen LogP contribution in [0.4, 0.5) is 11.4 Å². The van der Waals surface area contributed by atoms with Crippen molar-refractivity contribution in [2.75, 3.05) is 9.80 Å². The van der Waals surface area contributed by atoms with E-state index in [9.17, 15) is 24.0 Å². The zero-order chi connectivity index (χ0) is 38.7. The van der Waals surface area contributed by atoms with Gasteiger partial charge in [0.2, 0.25) is 0 Å². The van der Waals surface area contributed by atoms with Crippen molar-refractivity contribution in [3.05, 3.63) is 119 Å². The van der Waals surface area contributed by atoms with Crippen molar-refractivity contribution in [3.63, 3.8) is 0 Å². The van der Waals surface area contributed by atoms with Crippen molar-refractivity contribution in [2.45, 2.75) is 42.9 Å². The van der Waals surface area contributed by atoms with Crippen LogP contribution >= 0.6 is 31.9 Å². The van der Waals surface area contributed by atoms with E-state index in [1.54, 1.807) is 93.3 Å². The lowest BCUT2D eigenvalue weighted by Crippen LogP contribution is -2.40. The fourth-order valence-corrected chi connectivity index (χ4v) is 7.77. The molecule has 0 unspecified atom stereocenters. The van der Waals surface area contributed by atoms with Gasteiger partial charge < -0.3 is 14.4 Å². The van der Waals surface area contributed by atoms with Crippen LogP contribution in [0.3, 0.4) is 0 Å². The van der Waals surface area contributed by atoms with Crippen molar-refractivity contribution in [3.8, 4) is 11.5 Å². The Kier molecular flexibility index (Phi) is 7.77. The number of hydrogen-bond acceptors (Lipinski definition) is 7. The van der Waals surface area contributed by atoms with Crippen LogP contribution in [0.5, 0.6) is 11.5 Å². The SMILES string of the molecule is CC(C)(Br)C(=O)Oc1ccc(N2Cc3ccc4c5ccc6c7c(ccc(c8ccc(c3c48)C2=O)c75)C(=O)N(c2ccc(OC(=O)C(C)(C)Br)cc2)C6=O)cc1. The van der Waals surface area contributed by atoms with E-state index in [0.29, 0.717) is 51.5 Å². The molecule has 2 aliphatic heterocycles. The quantitative estimate of drug-likeness (QED) is 0.0409. The molecule has 0 fully saturated rings. The third-order valence-electron chi connectivity index (χ3n) is 10.3. The maximum atomic E-state index is 14.2. The molecule has 0 aliphatic carbocycles. The molecule has 9 rings (SSSR count). The Morgan fingerprint density at radius 1 is 0.509 bits per heavy atom. The van der Waals surface area contributed by atoms with Crippen molar-refractivity contribution >= 4 is 116 Å². The second-order valence-corrected chi connectivity index (χ2v) is 18.8. The number of imide groups is 1. The average molecular weight is 859 g/mol. The lowest BCUT2D eigenvalue weighted by atomic mass is 9.82. The number of esters is 2. The van der Waals surface area contributed by atoms with Crippen molar-refractivity contribution in [2.24, 2.45) is 0 Å². The molecule has 7 aromatic rings. The normalized spacial score (nSPS) is 14.5. The zero-order valence-corrected chi connectivity index (χ0v) is 33.1. The maximum Gasteiger partial charge on any atom is 0.327 e. The van der Waals surface area contributed by atoms with Crippen molar-refractivity contribution in [1.82, 2.24) is 0 Å². The molecular formula is C44H30Br2N2O7. The Bertz CT molecular complexity index is 2780. The van der Waals surface area contributed by atoms with E-state index in [1.165, 1.54) is 0 Å². The first-order chi connectivity index (χ1) is 26.1. The van der Waals surface area contributed by atoms with Crippen LogP contribution < -0.4 is 19.3 Å². The van der Waals surface area contributed by atoms with Gasteiger partial charge in [-0.2, -0.15) is 0 Å². The van der Waals surface area contributed by atoms with E-state index in [2.05, 4.69) is 37.9 Å². The van der Waals surface area contributed by atoms with Crippen LogP contribution in [0.2, 0.25) is 0 Å². The fourth-order valence-electron chi connectivity index (χ4n) is 7.60. The Balaban J connectivity index is 1.10. The molecule has 3 amide bonds. The molecule has 9 nitrogen and oxygen atoms in total. The Morgan fingerprint density at radius 3 is 1.36 bits per heavy atom. The summed E-state index contributed by atoms with van der Waals surface area (Å²) in [5, 5.41) is 6.87. The first-order valence-corrected chi connectivity index (χ1v) is 19.1. The highest BCUT2D eigenvalue weighted by Gasteiger charge is 2.36. The van der Waals surface area contributed by atoms with Gasteiger partial charge in [0.05, 0.1) is 12.2 Å². The highest BCUT2D eigenvalue weighted by molar-refractivity contribution is 9.10. The number of carbonyl (C=O) groups excluding carboxylic acids is 5. The molecule has 0 bridgehead atoms. The number of carbonyl (C=O) groups is 5. The molecule has 0 saturated carbocycles. The molecule has 7 aromatic carbocycles. The minimum atomic E-state index is -0.877. The third kappa shape index (κ3) is 5.43. The van der Waals surface area contributed by atoms with Crippen LogP contribution in [0.15, 0.2) is 97.1 Å². The van der Waals surface area contributed by atoms with Gasteiger partial charge in [-0.15, -0.1) is 0 Å². The predicted molar refractivity (Wildman–Crippen MR) is 219 cm³/mol. The van der Waals surface area contributed by atoms with E-state index < -0.39 is 32.4 Å². The molecule has 0 atom stereocenters. The van der Waals surface area contributed by atoms with Crippen LogP contribution in [0.1, 0.15) is 64.3 Å². The lowest BCUT2D eigenvalue weighted by molar-refractivity contribution is -0.136. The monoisotopic (exact) mass is 856 g/mol. The fraction of sp³-hybridized carbons (Fsp3) is 0.159. The van der Waals surface area contributed by atoms with E-state index >= 15 is 0 Å². The van der Waals surface area contributed by atoms with Gasteiger partial charge in [-0.3, -0.25) is 24.0 Å². The van der Waals surface area contributed by atoms with Gasteiger partial charge in [0.25, 0.3) is 17.7 Å². The van der Waals surface area contributed by atoms with Gasteiger partial charge in [0.1, 0.15) is 20.1 Å². The minimum absolute atomic E-state index is 0.145. The number of fused-ring (bicyclic) bond motifs is 2. The van der Waals surface area contributed by atoms with Crippen molar-refractivity contribution in [1.29, 1.82) is 0 Å². The molecule has 0 saturated heterocycles. The molecule has 11 heteroatoms. The van der Waals surface area contributed by atoms with Crippen LogP contribution in [-0.4, -0.2) is 38.3 Å². The number of benzene rings is 7. The molecule has 2 aliphatic rings. The number of rotatable bonds is 6. The summed E-state index contributed by atoms with van der Waals surface area (Å²) in [5.41, 5.74) is 3.40. The zero-order valence-electron chi connectivity index (χ0n) is 30.0. The molecule has 0 radical (unpaired) electrons. The number of halogens is 2. The smallest absolute Gasteiger partial charge is 0.327 e. The van der Waals surface area contributed by atoms with Crippen LogP contribution in [0, 0.1) is 0 Å². The maximum absolute atomic E-state index is 14.2. The molecule has 55 heavy (non-hydrogen) atoms. The summed E-state index contributed by atoms with van der Waals surface area (Å²) in [4.78, 5) is 70.0. The number of anilines is 2. The van der Waals surface area contributed by atoms with Crippen LogP contribution in [-0.2, 0) is 16.1 Å². The Morgan fingerprint density at radius 2 is 0.909 bits per heavy atom. The number of hydrogen-bond donors (Lipinski definition) is 0. The Labute approximate surface area is 331 Å². The summed E-state index contributed by atoms with van der Waals surface area (Å²) in [6.45, 7) is 7.13. The molecule has 272 valence electrons. The summed E-state index contributed by atoms with van der Waals surface area (Å²) in [7, 11) is 0. The number of ether oxygens (including phenoxy) is 2. The standard InChI is InChI=1S/C44H30Br2N2O7/c1-43(2,45)41(52)54-25-10-6-23(7-11-25)47-21-22-5-14-27-29-16-19-32-37-33(20-17-30(36(29)37)28-15-18-31(38(47)49)34(22)35(27)28)40(51)48(39(32)50)24-8-12-26(13-9-24)55-42(53)44(3,4)46/h5-20H,21H2,1-4H3. The summed E-state index contributed by atoms with van der Waals surface area (Å²) >= 11 is 6.62. The van der Waals surface area contributed by atoms with E-state index in [0.717, 1.165) is 48.2 Å². The predicted octanol–water partition coefficient (Wildman–Crippen LogP) is 9.86. The molecule has 0 aromatic heterocycles. The van der Waals surface area contributed by atoms with E-state index in [-0.39, 0.29) is 5.91 Å². The number of amides is 3. The van der Waals surface area contributed by atoms with Gasteiger partial charge in [0, 0.05) is 33.2 Å². The number of nitrogens with zero attached hydrogens (tertiary/aromatic N) is 2. The molecular weight excluding hydrogens is 828 g/mol. The van der Waals surface area contributed by atoms with Gasteiger partial charge >= 0.3 is 11.9 Å². The summed E-state index contributed by atoms with van der Waals surface area (Å²) in [6.07, 6.45) is 0. The average Bonchev–Trinajstić information content (AvgIpc) is 3.15. The first-order valence-electron chi connectivity index (χ1n) is 17.5. The molecule has 0 spiro atoms. The third-order valence-corrected chi connectivity index (χ3v) is 10.9. The van der Waals surface area contributed by atoms with Gasteiger partial charge in [0.15, 0.2) is 0 Å². The van der Waals surface area contributed by atoms with Crippen LogP contribution in [0.25, 0.3) is 43.1 Å². The summed E-state index contributed by atoms with van der Waals surface area (Å²) in [6, 6.07) is 28.5. The topological polar surface area (TPSA) is 110 Å². The van der Waals surface area contributed by atoms with Gasteiger partial charge in [-0.1, -0.05) is 62.2 Å². The summed E-state index contributed by atoms with van der Waals surface area (Å²) in [5.74, 6) is -1.27. The lowest BCUT2D eigenvalue weighted by Gasteiger charge is -2.31. The second kappa shape index (κ2) is 12.2. The molecule has 0 N–H and O–H groups in total. The highest BCUT2D eigenvalue weighted by Crippen LogP contribution is 2.47. The largest absolute Gasteiger partial charge is 0.426 e. The highest BCUT2D eigenvalue weighted by atomic mass is 79.9. The van der Waals surface area contributed by atoms with Gasteiger partial charge in [-0.25, -0.2) is 4.90 Å². The van der Waals surface area contributed by atoms with Gasteiger partial charge in [-0.05, 0) is 132 Å². The van der Waals surface area contributed by atoms with Crippen molar-refractivity contribution < 1.29 is 33.4 Å². The Hall–Kier alpha value is -5.65. The second-order valence-electron chi connectivity index (χ2n) is 14.8. The first kappa shape index (κ1) is 35.1.